The molecule has 0 fully saturated rings. The zero-order valence-corrected chi connectivity index (χ0v) is 16.9. The van der Waals surface area contributed by atoms with Crippen LogP contribution in [-0.4, -0.2) is 11.8 Å². The number of carbonyl (C=O) groups excluding carboxylic acids is 2. The van der Waals surface area contributed by atoms with Gasteiger partial charge in [0.25, 0.3) is 0 Å². The number of benzene rings is 3. The molecule has 3 rings (SSSR count). The Labute approximate surface area is 171 Å². The summed E-state index contributed by atoms with van der Waals surface area (Å²) in [5.41, 5.74) is 3.17. The van der Waals surface area contributed by atoms with E-state index in [-0.39, 0.29) is 11.2 Å². The number of ether oxygens (including phenoxy) is 1. The molecule has 0 aliphatic carbocycles. The van der Waals surface area contributed by atoms with Crippen LogP contribution in [0.25, 0.3) is 6.08 Å². The van der Waals surface area contributed by atoms with Crippen LogP contribution in [0.4, 0.5) is 0 Å². The van der Waals surface area contributed by atoms with Gasteiger partial charge in [0.2, 0.25) is 0 Å². The van der Waals surface area contributed by atoms with Crippen molar-refractivity contribution >= 4 is 17.8 Å². The summed E-state index contributed by atoms with van der Waals surface area (Å²) in [7, 11) is 0. The van der Waals surface area contributed by atoms with Crippen LogP contribution in [0, 0.1) is 0 Å². The van der Waals surface area contributed by atoms with Crippen molar-refractivity contribution in [2.24, 2.45) is 0 Å². The summed E-state index contributed by atoms with van der Waals surface area (Å²) in [6.07, 6.45) is 3.31. The fraction of sp³-hybridized carbons (Fsp3) is 0.154. The summed E-state index contributed by atoms with van der Waals surface area (Å²) in [4.78, 5) is 24.6. The van der Waals surface area contributed by atoms with E-state index >= 15 is 0 Å². The summed E-state index contributed by atoms with van der Waals surface area (Å²) in [5, 5.41) is 0. The summed E-state index contributed by atoms with van der Waals surface area (Å²) in [5.74, 6) is -0.128. The van der Waals surface area contributed by atoms with Crippen molar-refractivity contribution in [1.82, 2.24) is 0 Å². The molecule has 0 N–H and O–H groups in total. The van der Waals surface area contributed by atoms with Gasteiger partial charge in [0.15, 0.2) is 5.78 Å². The van der Waals surface area contributed by atoms with Crippen molar-refractivity contribution in [2.45, 2.75) is 26.2 Å². The summed E-state index contributed by atoms with van der Waals surface area (Å²) >= 11 is 0. The number of hydrogen-bond acceptors (Lipinski definition) is 3. The molecule has 0 saturated carbocycles. The average molecular weight is 384 g/mol. The molecule has 0 bridgehead atoms. The topological polar surface area (TPSA) is 43.4 Å². The molecule has 0 heterocycles. The molecular formula is C26H24O3. The Morgan fingerprint density at radius 3 is 1.93 bits per heavy atom. The molecule has 0 aromatic heterocycles. The number of allylic oxidation sites excluding steroid dienone is 1. The maximum atomic E-state index is 12.4. The second-order valence-electron chi connectivity index (χ2n) is 7.85. The molecule has 0 aliphatic heterocycles. The summed E-state index contributed by atoms with van der Waals surface area (Å²) < 4.78 is 5.42. The van der Waals surface area contributed by atoms with Crippen molar-refractivity contribution in [3.05, 3.63) is 107 Å². The smallest absolute Gasteiger partial charge is 0.343 e. The van der Waals surface area contributed by atoms with E-state index in [1.165, 1.54) is 6.08 Å². The number of rotatable bonds is 5. The number of ketones is 1. The molecule has 3 nitrogen and oxygen atoms in total. The standard InChI is InChI=1S/C26H24O3/c1-26(2,3)22-14-10-21(11-15-22)25(28)29-23-16-12-20(13-17-23)24(27)18-9-19-7-5-4-6-8-19/h4-18H,1-3H3. The molecule has 146 valence electrons. The first-order chi connectivity index (χ1) is 13.8. The van der Waals surface area contributed by atoms with Gasteiger partial charge in [0.1, 0.15) is 5.75 Å². The fourth-order valence-electron chi connectivity index (χ4n) is 2.79. The van der Waals surface area contributed by atoms with Crippen LogP contribution in [0.3, 0.4) is 0 Å². The van der Waals surface area contributed by atoms with E-state index in [0.29, 0.717) is 16.9 Å². The highest BCUT2D eigenvalue weighted by atomic mass is 16.5. The van der Waals surface area contributed by atoms with E-state index in [0.717, 1.165) is 11.1 Å². The van der Waals surface area contributed by atoms with Gasteiger partial charge in [-0.05, 0) is 59.0 Å². The van der Waals surface area contributed by atoms with E-state index in [4.69, 9.17) is 4.74 Å². The molecule has 0 amide bonds. The Kier molecular flexibility index (Phi) is 6.08. The average Bonchev–Trinajstić information content (AvgIpc) is 2.73. The van der Waals surface area contributed by atoms with E-state index in [1.807, 2.05) is 42.5 Å². The number of esters is 1. The third-order valence-electron chi connectivity index (χ3n) is 4.56. The zero-order chi connectivity index (χ0) is 20.9. The molecule has 0 spiro atoms. The predicted octanol–water partition coefficient (Wildman–Crippen LogP) is 6.10. The molecule has 29 heavy (non-hydrogen) atoms. The molecular weight excluding hydrogens is 360 g/mol. The first-order valence-electron chi connectivity index (χ1n) is 9.53. The minimum Gasteiger partial charge on any atom is -0.423 e. The fourth-order valence-corrected chi connectivity index (χ4v) is 2.79. The van der Waals surface area contributed by atoms with Crippen LogP contribution in [-0.2, 0) is 5.41 Å². The molecule has 3 aromatic rings. The van der Waals surface area contributed by atoms with Gasteiger partial charge in [-0.1, -0.05) is 69.3 Å². The van der Waals surface area contributed by atoms with Crippen molar-refractivity contribution < 1.29 is 14.3 Å². The SMILES string of the molecule is CC(C)(C)c1ccc(C(=O)Oc2ccc(C(=O)C=Cc3ccccc3)cc2)cc1. The Hall–Kier alpha value is -3.46. The van der Waals surface area contributed by atoms with Crippen LogP contribution in [0.5, 0.6) is 5.75 Å². The van der Waals surface area contributed by atoms with Crippen molar-refractivity contribution in [2.75, 3.05) is 0 Å². The third-order valence-corrected chi connectivity index (χ3v) is 4.56. The van der Waals surface area contributed by atoms with Crippen LogP contribution in [0.15, 0.2) is 84.9 Å². The maximum Gasteiger partial charge on any atom is 0.343 e. The Bertz CT molecular complexity index is 1010. The van der Waals surface area contributed by atoms with Gasteiger partial charge in [-0.2, -0.15) is 0 Å². The second kappa shape index (κ2) is 8.70. The second-order valence-corrected chi connectivity index (χ2v) is 7.85. The van der Waals surface area contributed by atoms with Gasteiger partial charge in [-0.15, -0.1) is 0 Å². The molecule has 0 radical (unpaired) electrons. The van der Waals surface area contributed by atoms with Crippen molar-refractivity contribution in [1.29, 1.82) is 0 Å². The maximum absolute atomic E-state index is 12.4. The van der Waals surface area contributed by atoms with Gasteiger partial charge >= 0.3 is 5.97 Å². The predicted molar refractivity (Wildman–Crippen MR) is 116 cm³/mol. The quantitative estimate of drug-likeness (QED) is 0.231. The number of hydrogen-bond donors (Lipinski definition) is 0. The van der Waals surface area contributed by atoms with Gasteiger partial charge in [0, 0.05) is 5.56 Å². The van der Waals surface area contributed by atoms with Crippen LogP contribution >= 0.6 is 0 Å². The highest BCUT2D eigenvalue weighted by Gasteiger charge is 2.15. The normalized spacial score (nSPS) is 11.4. The lowest BCUT2D eigenvalue weighted by Crippen LogP contribution is -2.13. The van der Waals surface area contributed by atoms with Gasteiger partial charge in [-0.3, -0.25) is 4.79 Å². The number of carbonyl (C=O) groups is 2. The molecule has 0 saturated heterocycles. The molecule has 0 atom stereocenters. The monoisotopic (exact) mass is 384 g/mol. The largest absolute Gasteiger partial charge is 0.423 e. The Morgan fingerprint density at radius 1 is 0.759 bits per heavy atom. The third kappa shape index (κ3) is 5.52. The first kappa shape index (κ1) is 20.3. The van der Waals surface area contributed by atoms with E-state index in [1.54, 1.807) is 42.5 Å². The van der Waals surface area contributed by atoms with Crippen LogP contribution in [0.1, 0.15) is 52.6 Å². The van der Waals surface area contributed by atoms with Crippen LogP contribution in [0.2, 0.25) is 0 Å². The van der Waals surface area contributed by atoms with Crippen molar-refractivity contribution in [3.8, 4) is 5.75 Å². The summed E-state index contributed by atoms with van der Waals surface area (Å²) in [6.45, 7) is 6.37. The molecule has 0 aliphatic rings. The molecule has 3 heteroatoms. The van der Waals surface area contributed by atoms with E-state index in [2.05, 4.69) is 20.8 Å². The Balaban J connectivity index is 1.63. The van der Waals surface area contributed by atoms with Gasteiger partial charge in [-0.25, -0.2) is 4.79 Å². The van der Waals surface area contributed by atoms with Crippen molar-refractivity contribution in [3.63, 3.8) is 0 Å². The lowest BCUT2D eigenvalue weighted by molar-refractivity contribution is 0.0734. The van der Waals surface area contributed by atoms with E-state index < -0.39 is 5.97 Å². The zero-order valence-electron chi connectivity index (χ0n) is 16.9. The Morgan fingerprint density at radius 2 is 1.34 bits per heavy atom. The van der Waals surface area contributed by atoms with Crippen LogP contribution < -0.4 is 4.74 Å². The van der Waals surface area contributed by atoms with Gasteiger partial charge < -0.3 is 4.74 Å². The lowest BCUT2D eigenvalue weighted by atomic mass is 9.87. The minimum atomic E-state index is -0.423. The minimum absolute atomic E-state index is 0.0275. The van der Waals surface area contributed by atoms with Gasteiger partial charge in [0.05, 0.1) is 5.56 Å². The molecule has 3 aromatic carbocycles. The van der Waals surface area contributed by atoms with E-state index in [9.17, 15) is 9.59 Å². The first-order valence-corrected chi connectivity index (χ1v) is 9.53. The summed E-state index contributed by atoms with van der Waals surface area (Å²) in [6, 6.07) is 23.6. The lowest BCUT2D eigenvalue weighted by Gasteiger charge is -2.18. The highest BCUT2D eigenvalue weighted by molar-refractivity contribution is 6.06. The molecule has 0 unspecified atom stereocenters. The highest BCUT2D eigenvalue weighted by Crippen LogP contribution is 2.23.